The second-order valence-corrected chi connectivity index (χ2v) is 6.27. The zero-order chi connectivity index (χ0) is 6.81. The molecule has 0 spiro atoms. The van der Waals surface area contributed by atoms with Crippen molar-refractivity contribution < 1.29 is 0 Å². The molecule has 0 amide bonds. The van der Waals surface area contributed by atoms with Crippen LogP contribution in [-0.2, 0) is 0 Å². The van der Waals surface area contributed by atoms with E-state index >= 15 is 0 Å². The largest absolute Gasteiger partial charge is 0.201 e. The minimum atomic E-state index is 0.826. The molecular formula is C6H9NS3. The molecule has 0 aromatic carbocycles. The van der Waals surface area contributed by atoms with Crippen molar-refractivity contribution in [1.29, 1.82) is 0 Å². The van der Waals surface area contributed by atoms with Crippen molar-refractivity contribution in [2.24, 2.45) is 10.3 Å². The molecule has 0 radical (unpaired) electrons. The predicted molar refractivity (Wildman–Crippen MR) is 52.2 cm³/mol. The Balaban J connectivity index is 1.97. The third-order valence-corrected chi connectivity index (χ3v) is 5.38. The summed E-state index contributed by atoms with van der Waals surface area (Å²) in [7, 11) is 5.30. The first kappa shape index (κ1) is 7.37. The number of nitrogens with zero attached hydrogens (tertiary/aromatic N) is 1. The van der Waals surface area contributed by atoms with E-state index in [-0.39, 0.29) is 0 Å². The lowest BCUT2D eigenvalue weighted by Gasteiger charge is -2.03. The van der Waals surface area contributed by atoms with Crippen molar-refractivity contribution in [3.8, 4) is 0 Å². The van der Waals surface area contributed by atoms with Gasteiger partial charge in [0.1, 0.15) is 0 Å². The highest BCUT2D eigenvalue weighted by atomic mass is 33.5. The first-order chi connectivity index (χ1) is 4.97. The highest BCUT2D eigenvalue weighted by molar-refractivity contribution is 9.13. The molecule has 2 aliphatic rings. The first-order valence-corrected chi connectivity index (χ1v) is 6.99. The van der Waals surface area contributed by atoms with Crippen LogP contribution in [0.5, 0.6) is 0 Å². The molecule has 0 saturated heterocycles. The van der Waals surface area contributed by atoms with E-state index in [1.807, 2.05) is 10.8 Å². The van der Waals surface area contributed by atoms with Crippen LogP contribution in [0.3, 0.4) is 0 Å². The van der Waals surface area contributed by atoms with E-state index in [0.717, 1.165) is 5.92 Å². The Labute approximate surface area is 72.8 Å². The van der Waals surface area contributed by atoms with Gasteiger partial charge in [-0.25, -0.2) is 4.40 Å². The summed E-state index contributed by atoms with van der Waals surface area (Å²) in [5, 5.41) is 1.40. The summed E-state index contributed by atoms with van der Waals surface area (Å²) in [6.45, 7) is 0. The second-order valence-electron chi connectivity index (χ2n) is 2.64. The second kappa shape index (κ2) is 3.41. The molecule has 0 unspecified atom stereocenters. The molecule has 1 saturated carbocycles. The van der Waals surface area contributed by atoms with E-state index in [1.54, 1.807) is 20.8 Å². The summed E-state index contributed by atoms with van der Waals surface area (Å²) in [6.07, 6.45) is 5.60. The van der Waals surface area contributed by atoms with Gasteiger partial charge in [0.15, 0.2) is 0 Å². The van der Waals surface area contributed by atoms with Gasteiger partial charge in [-0.15, -0.1) is 0 Å². The molecule has 1 fully saturated rings. The summed E-state index contributed by atoms with van der Waals surface area (Å²) in [5.74, 6) is 0.826. The molecule has 1 aliphatic carbocycles. The molecule has 10 heavy (non-hydrogen) atoms. The van der Waals surface area contributed by atoms with Gasteiger partial charge in [-0.05, 0) is 23.6 Å². The molecule has 0 aromatic rings. The van der Waals surface area contributed by atoms with Crippen molar-refractivity contribution in [2.45, 2.75) is 25.7 Å². The van der Waals surface area contributed by atoms with E-state index in [1.165, 1.54) is 30.7 Å². The fourth-order valence-corrected chi connectivity index (χ4v) is 5.02. The molecular weight excluding hydrogens is 182 g/mol. The van der Waals surface area contributed by atoms with Gasteiger partial charge in [0.2, 0.25) is 0 Å². The summed E-state index contributed by atoms with van der Waals surface area (Å²) in [5.41, 5.74) is 0. The van der Waals surface area contributed by atoms with Crippen molar-refractivity contribution >= 4 is 36.6 Å². The third-order valence-electron chi connectivity index (χ3n) is 1.98. The Morgan fingerprint density at radius 3 is 2.70 bits per heavy atom. The van der Waals surface area contributed by atoms with Crippen molar-refractivity contribution in [3.05, 3.63) is 0 Å². The quantitative estimate of drug-likeness (QED) is 0.464. The highest BCUT2D eigenvalue weighted by Gasteiger charge is 2.24. The molecule has 1 heterocycles. The number of hydrogen-bond donors (Lipinski definition) is 0. The van der Waals surface area contributed by atoms with Crippen LogP contribution in [-0.4, -0.2) is 5.04 Å². The van der Waals surface area contributed by atoms with Gasteiger partial charge < -0.3 is 0 Å². The predicted octanol–water partition coefficient (Wildman–Crippen LogP) is 3.53. The molecule has 1 nitrogen and oxygen atoms in total. The Bertz CT molecular complexity index is 151. The maximum atomic E-state index is 4.38. The maximum Gasteiger partial charge on any atom is 0.0970 e. The first-order valence-electron chi connectivity index (χ1n) is 3.55. The number of rotatable bonds is 1. The molecule has 0 N–H and O–H groups in total. The van der Waals surface area contributed by atoms with E-state index < -0.39 is 0 Å². The minimum Gasteiger partial charge on any atom is -0.201 e. The molecule has 0 atom stereocenters. The van der Waals surface area contributed by atoms with Gasteiger partial charge >= 0.3 is 0 Å². The molecule has 2 rings (SSSR count). The van der Waals surface area contributed by atoms with Crippen LogP contribution in [0.2, 0.25) is 0 Å². The Hall–Kier alpha value is 0.720. The van der Waals surface area contributed by atoms with Crippen molar-refractivity contribution in [1.82, 2.24) is 0 Å². The van der Waals surface area contributed by atoms with Gasteiger partial charge in [0, 0.05) is 15.7 Å². The van der Waals surface area contributed by atoms with Crippen LogP contribution in [0.1, 0.15) is 25.7 Å². The van der Waals surface area contributed by atoms with Gasteiger partial charge in [-0.2, -0.15) is 0 Å². The van der Waals surface area contributed by atoms with Crippen molar-refractivity contribution in [3.63, 3.8) is 0 Å². The van der Waals surface area contributed by atoms with Crippen LogP contribution < -0.4 is 0 Å². The maximum absolute atomic E-state index is 4.38. The van der Waals surface area contributed by atoms with E-state index in [4.69, 9.17) is 0 Å². The zero-order valence-electron chi connectivity index (χ0n) is 5.58. The lowest BCUT2D eigenvalue weighted by atomic mass is 10.1. The average molecular weight is 191 g/mol. The van der Waals surface area contributed by atoms with Gasteiger partial charge in [0.05, 0.1) is 16.0 Å². The molecule has 0 bridgehead atoms. The summed E-state index contributed by atoms with van der Waals surface area (Å²) < 4.78 is 4.38. The normalized spacial score (nSPS) is 27.4. The summed E-state index contributed by atoms with van der Waals surface area (Å²) in [4.78, 5) is 0. The highest BCUT2D eigenvalue weighted by Crippen LogP contribution is 2.48. The standard InChI is InChI=1S/C6H9NS3/c1-2-4-5(3-1)6-7-9-10-8-6/h5H,1-4H2. The van der Waals surface area contributed by atoms with Crippen LogP contribution >= 0.6 is 31.6 Å². The topological polar surface area (TPSA) is 12.4 Å². The minimum absolute atomic E-state index is 0.826. The van der Waals surface area contributed by atoms with Gasteiger partial charge in [-0.3, -0.25) is 0 Å². The molecule has 1 aliphatic heterocycles. The Morgan fingerprint density at radius 2 is 2.10 bits per heavy atom. The molecule has 0 aromatic heterocycles. The van der Waals surface area contributed by atoms with Crippen LogP contribution in [0, 0.1) is 5.92 Å². The lowest BCUT2D eigenvalue weighted by molar-refractivity contribution is 0.742. The smallest absolute Gasteiger partial charge is 0.0970 e. The SMILES string of the molecule is C1CCC(C2=NSSS2)C1. The van der Waals surface area contributed by atoms with Crippen LogP contribution in [0.15, 0.2) is 4.40 Å². The fraction of sp³-hybridized carbons (Fsp3) is 0.833. The van der Waals surface area contributed by atoms with E-state index in [2.05, 4.69) is 4.40 Å². The van der Waals surface area contributed by atoms with E-state index in [9.17, 15) is 0 Å². The monoisotopic (exact) mass is 191 g/mol. The summed E-state index contributed by atoms with van der Waals surface area (Å²) >= 11 is 0. The third kappa shape index (κ3) is 1.48. The lowest BCUT2D eigenvalue weighted by Crippen LogP contribution is -2.02. The van der Waals surface area contributed by atoms with E-state index in [0.29, 0.717) is 0 Å². The van der Waals surface area contributed by atoms with Gasteiger partial charge in [0.25, 0.3) is 0 Å². The van der Waals surface area contributed by atoms with Crippen LogP contribution in [0.4, 0.5) is 0 Å². The Morgan fingerprint density at radius 1 is 1.30 bits per heavy atom. The van der Waals surface area contributed by atoms with Crippen LogP contribution in [0.25, 0.3) is 0 Å². The summed E-state index contributed by atoms with van der Waals surface area (Å²) in [6, 6.07) is 0. The molecule has 4 heteroatoms. The Kier molecular flexibility index (Phi) is 2.52. The van der Waals surface area contributed by atoms with Crippen molar-refractivity contribution in [2.75, 3.05) is 0 Å². The average Bonchev–Trinajstić information content (AvgIpc) is 2.59. The molecule has 56 valence electrons. The number of hydrogen-bond acceptors (Lipinski definition) is 4. The fourth-order valence-electron chi connectivity index (χ4n) is 1.43. The van der Waals surface area contributed by atoms with Gasteiger partial charge in [-0.1, -0.05) is 12.8 Å². The zero-order valence-corrected chi connectivity index (χ0v) is 8.03.